The highest BCUT2D eigenvalue weighted by Crippen LogP contribution is 2.40. The van der Waals surface area contributed by atoms with Crippen LogP contribution in [0.15, 0.2) is 42.7 Å². The first kappa shape index (κ1) is 18.9. The van der Waals surface area contributed by atoms with Gasteiger partial charge in [0.15, 0.2) is 0 Å². The molecule has 7 heteroatoms. The number of aromatic nitrogens is 2. The summed E-state index contributed by atoms with van der Waals surface area (Å²) in [6.07, 6.45) is 6.74. The monoisotopic (exact) mass is 370 g/mol. The molecule has 0 bridgehead atoms. The number of amides is 2. The van der Waals surface area contributed by atoms with E-state index in [-0.39, 0.29) is 24.5 Å². The first-order valence-electron chi connectivity index (χ1n) is 9.33. The molecular weight excluding hydrogens is 344 g/mol. The molecule has 27 heavy (non-hydrogen) atoms. The SMILES string of the molecule is Cn1ccnc1C(NC(=O)NC(CCC(=O)O)Cc1ccccc1)C1CC1. The Morgan fingerprint density at radius 1 is 1.26 bits per heavy atom. The molecule has 1 aliphatic carbocycles. The van der Waals surface area contributed by atoms with Crippen molar-refractivity contribution in [3.05, 3.63) is 54.1 Å². The van der Waals surface area contributed by atoms with Gasteiger partial charge in [0.2, 0.25) is 0 Å². The van der Waals surface area contributed by atoms with Crippen LogP contribution in [-0.4, -0.2) is 32.7 Å². The average molecular weight is 370 g/mol. The molecule has 1 saturated carbocycles. The van der Waals surface area contributed by atoms with Crippen LogP contribution in [0.3, 0.4) is 0 Å². The average Bonchev–Trinajstić information content (AvgIpc) is 3.40. The van der Waals surface area contributed by atoms with E-state index in [1.165, 1.54) is 0 Å². The molecule has 2 amide bonds. The lowest BCUT2D eigenvalue weighted by Gasteiger charge is -2.22. The van der Waals surface area contributed by atoms with Crippen LogP contribution in [0.2, 0.25) is 0 Å². The Morgan fingerprint density at radius 2 is 2.00 bits per heavy atom. The molecule has 7 nitrogen and oxygen atoms in total. The summed E-state index contributed by atoms with van der Waals surface area (Å²) in [5.41, 5.74) is 1.07. The summed E-state index contributed by atoms with van der Waals surface area (Å²) in [6.45, 7) is 0. The van der Waals surface area contributed by atoms with Crippen molar-refractivity contribution in [3.63, 3.8) is 0 Å². The van der Waals surface area contributed by atoms with E-state index in [1.54, 1.807) is 6.20 Å². The van der Waals surface area contributed by atoms with E-state index in [4.69, 9.17) is 5.11 Å². The van der Waals surface area contributed by atoms with Crippen LogP contribution < -0.4 is 10.6 Å². The third kappa shape index (κ3) is 5.57. The molecule has 2 atom stereocenters. The van der Waals surface area contributed by atoms with Gasteiger partial charge in [-0.2, -0.15) is 0 Å². The maximum Gasteiger partial charge on any atom is 0.315 e. The fourth-order valence-corrected chi connectivity index (χ4v) is 3.29. The third-order valence-corrected chi connectivity index (χ3v) is 4.88. The first-order chi connectivity index (χ1) is 13.0. The largest absolute Gasteiger partial charge is 0.481 e. The predicted octanol–water partition coefficient (Wildman–Crippen LogP) is 2.65. The van der Waals surface area contributed by atoms with Crippen molar-refractivity contribution in [2.45, 2.75) is 44.2 Å². The number of aryl methyl sites for hydroxylation is 1. The van der Waals surface area contributed by atoms with Crippen LogP contribution in [0.1, 0.15) is 43.1 Å². The molecule has 1 aromatic carbocycles. The fraction of sp³-hybridized carbons (Fsp3) is 0.450. The Kier molecular flexibility index (Phi) is 6.11. The van der Waals surface area contributed by atoms with Gasteiger partial charge in [-0.05, 0) is 37.2 Å². The van der Waals surface area contributed by atoms with E-state index in [0.29, 0.717) is 18.8 Å². The number of carboxylic acid groups (broad SMARTS) is 1. The fourth-order valence-electron chi connectivity index (χ4n) is 3.29. The first-order valence-corrected chi connectivity index (χ1v) is 9.33. The van der Waals surface area contributed by atoms with Crippen LogP contribution in [0.5, 0.6) is 0 Å². The molecule has 0 aliphatic heterocycles. The molecule has 0 saturated heterocycles. The van der Waals surface area contributed by atoms with Crippen LogP contribution in [0.4, 0.5) is 4.79 Å². The highest BCUT2D eigenvalue weighted by atomic mass is 16.4. The minimum Gasteiger partial charge on any atom is -0.481 e. The normalized spacial score (nSPS) is 15.7. The van der Waals surface area contributed by atoms with Gasteiger partial charge in [-0.25, -0.2) is 9.78 Å². The molecule has 1 aliphatic rings. The van der Waals surface area contributed by atoms with E-state index in [9.17, 15) is 9.59 Å². The lowest BCUT2D eigenvalue weighted by molar-refractivity contribution is -0.137. The summed E-state index contributed by atoms with van der Waals surface area (Å²) in [5.74, 6) is 0.389. The molecule has 1 heterocycles. The van der Waals surface area contributed by atoms with Crippen molar-refractivity contribution in [1.82, 2.24) is 20.2 Å². The van der Waals surface area contributed by atoms with Crippen molar-refractivity contribution in [2.24, 2.45) is 13.0 Å². The smallest absolute Gasteiger partial charge is 0.315 e. The Bertz CT molecular complexity index is 771. The second kappa shape index (κ2) is 8.70. The molecule has 3 rings (SSSR count). The maximum absolute atomic E-state index is 12.6. The lowest BCUT2D eigenvalue weighted by Crippen LogP contribution is -2.45. The van der Waals surface area contributed by atoms with Gasteiger partial charge in [0, 0.05) is 31.9 Å². The van der Waals surface area contributed by atoms with Gasteiger partial charge in [-0.1, -0.05) is 30.3 Å². The molecule has 1 fully saturated rings. The number of carboxylic acids is 1. The molecule has 0 radical (unpaired) electrons. The molecular formula is C20H26N4O3. The standard InChI is InChI=1S/C20H26N4O3/c1-24-12-11-21-19(24)18(15-7-8-15)23-20(27)22-16(9-10-17(25)26)13-14-5-3-2-4-6-14/h2-6,11-12,15-16,18H,7-10,13H2,1H3,(H,25,26)(H2,22,23,27). The number of aliphatic carboxylic acids is 1. The van der Waals surface area contributed by atoms with E-state index in [2.05, 4.69) is 15.6 Å². The predicted molar refractivity (Wildman–Crippen MR) is 101 cm³/mol. The Balaban J connectivity index is 1.63. The van der Waals surface area contributed by atoms with Crippen molar-refractivity contribution >= 4 is 12.0 Å². The summed E-state index contributed by atoms with van der Waals surface area (Å²) in [4.78, 5) is 28.0. The number of imidazole rings is 1. The number of benzene rings is 1. The molecule has 2 aromatic rings. The van der Waals surface area contributed by atoms with Crippen LogP contribution in [-0.2, 0) is 18.3 Å². The van der Waals surface area contributed by atoms with Crippen molar-refractivity contribution in [3.8, 4) is 0 Å². The number of hydrogen-bond donors (Lipinski definition) is 3. The maximum atomic E-state index is 12.6. The van der Waals surface area contributed by atoms with Crippen molar-refractivity contribution in [2.75, 3.05) is 0 Å². The highest BCUT2D eigenvalue weighted by molar-refractivity contribution is 5.75. The van der Waals surface area contributed by atoms with E-state index < -0.39 is 5.97 Å². The van der Waals surface area contributed by atoms with Gasteiger partial charge < -0.3 is 20.3 Å². The zero-order chi connectivity index (χ0) is 19.2. The Labute approximate surface area is 158 Å². The van der Waals surface area contributed by atoms with Gasteiger partial charge in [-0.3, -0.25) is 4.79 Å². The highest BCUT2D eigenvalue weighted by Gasteiger charge is 2.36. The number of urea groups is 1. The summed E-state index contributed by atoms with van der Waals surface area (Å²) in [5, 5.41) is 15.0. The molecule has 1 aromatic heterocycles. The van der Waals surface area contributed by atoms with E-state index in [1.807, 2.05) is 48.1 Å². The Morgan fingerprint density at radius 3 is 2.59 bits per heavy atom. The summed E-state index contributed by atoms with van der Waals surface area (Å²) in [6, 6.07) is 9.13. The number of carbonyl (C=O) groups excluding carboxylic acids is 1. The summed E-state index contributed by atoms with van der Waals surface area (Å²) >= 11 is 0. The molecule has 0 spiro atoms. The quantitative estimate of drug-likeness (QED) is 0.632. The summed E-state index contributed by atoms with van der Waals surface area (Å²) < 4.78 is 1.93. The number of nitrogens with one attached hydrogen (secondary N) is 2. The minimum atomic E-state index is -0.862. The molecule has 144 valence electrons. The number of rotatable bonds is 9. The van der Waals surface area contributed by atoms with Crippen LogP contribution >= 0.6 is 0 Å². The zero-order valence-electron chi connectivity index (χ0n) is 15.5. The zero-order valence-corrected chi connectivity index (χ0v) is 15.5. The van der Waals surface area contributed by atoms with Gasteiger partial charge in [0.25, 0.3) is 0 Å². The lowest BCUT2D eigenvalue weighted by atomic mass is 10.0. The number of nitrogens with zero attached hydrogens (tertiary/aromatic N) is 2. The second-order valence-electron chi connectivity index (χ2n) is 7.15. The molecule has 3 N–H and O–H groups in total. The van der Waals surface area contributed by atoms with E-state index >= 15 is 0 Å². The number of carbonyl (C=O) groups is 2. The van der Waals surface area contributed by atoms with E-state index in [0.717, 1.165) is 24.2 Å². The van der Waals surface area contributed by atoms with Crippen LogP contribution in [0.25, 0.3) is 0 Å². The van der Waals surface area contributed by atoms with Gasteiger partial charge in [-0.15, -0.1) is 0 Å². The van der Waals surface area contributed by atoms with Gasteiger partial charge in [0.05, 0.1) is 6.04 Å². The van der Waals surface area contributed by atoms with Gasteiger partial charge in [0.1, 0.15) is 5.82 Å². The second-order valence-corrected chi connectivity index (χ2v) is 7.15. The van der Waals surface area contributed by atoms with Crippen LogP contribution in [0, 0.1) is 5.92 Å². The third-order valence-electron chi connectivity index (χ3n) is 4.88. The topological polar surface area (TPSA) is 96.3 Å². The molecule has 2 unspecified atom stereocenters. The Hall–Kier alpha value is -2.83. The van der Waals surface area contributed by atoms with Crippen molar-refractivity contribution in [1.29, 1.82) is 0 Å². The summed E-state index contributed by atoms with van der Waals surface area (Å²) in [7, 11) is 1.92. The number of hydrogen-bond acceptors (Lipinski definition) is 3. The minimum absolute atomic E-state index is 0.0171. The van der Waals surface area contributed by atoms with Gasteiger partial charge >= 0.3 is 12.0 Å². The van der Waals surface area contributed by atoms with Crippen molar-refractivity contribution < 1.29 is 14.7 Å².